The van der Waals surface area contributed by atoms with Crippen LogP contribution in [0.4, 0.5) is 0 Å². The lowest BCUT2D eigenvalue weighted by atomic mass is 9.59. The molecule has 5 nitrogen and oxygen atoms in total. The molecule has 1 aromatic heterocycles. The van der Waals surface area contributed by atoms with Gasteiger partial charge in [-0.25, -0.2) is 4.98 Å². The average molecular weight is 359 g/mol. The van der Waals surface area contributed by atoms with Gasteiger partial charge in [0.15, 0.2) is 0 Å². The minimum atomic E-state index is 0.0256. The third-order valence-electron chi connectivity index (χ3n) is 6.89. The van der Waals surface area contributed by atoms with Crippen molar-refractivity contribution in [1.29, 1.82) is 0 Å². The lowest BCUT2D eigenvalue weighted by Gasteiger charge is -2.45. The molecule has 0 spiro atoms. The highest BCUT2D eigenvalue weighted by Gasteiger charge is 2.52. The summed E-state index contributed by atoms with van der Waals surface area (Å²) in [6.07, 6.45) is 14.2. The molecule has 1 saturated heterocycles. The van der Waals surface area contributed by atoms with Crippen LogP contribution < -0.4 is 5.32 Å². The Bertz CT molecular complexity index is 669. The van der Waals surface area contributed by atoms with E-state index in [1.54, 1.807) is 5.57 Å². The molecule has 0 amide bonds. The van der Waals surface area contributed by atoms with Gasteiger partial charge in [-0.15, -0.1) is 0 Å². The highest BCUT2D eigenvalue weighted by molar-refractivity contribution is 5.76. The van der Waals surface area contributed by atoms with Gasteiger partial charge in [0.2, 0.25) is 0 Å². The first-order chi connectivity index (χ1) is 12.6. The minimum absolute atomic E-state index is 0.0256. The molecule has 4 rings (SSSR count). The Hall–Kier alpha value is -1.62. The monoisotopic (exact) mass is 358 g/mol. The molecule has 3 aliphatic rings. The number of aryl methyl sites for hydroxylation is 1. The number of fused-ring (bicyclic) bond motifs is 2. The summed E-state index contributed by atoms with van der Waals surface area (Å²) in [4.78, 5) is 16.6. The van der Waals surface area contributed by atoms with Crippen LogP contribution in [-0.4, -0.2) is 34.7 Å². The van der Waals surface area contributed by atoms with E-state index in [0.29, 0.717) is 5.92 Å². The number of quaternary nitrogens is 1. The lowest BCUT2D eigenvalue weighted by Crippen LogP contribution is -2.86. The van der Waals surface area contributed by atoms with E-state index in [1.807, 2.05) is 18.7 Å². The quantitative estimate of drug-likeness (QED) is 0.481. The first kappa shape index (κ1) is 17.8. The van der Waals surface area contributed by atoms with Crippen LogP contribution in [0.2, 0.25) is 0 Å². The first-order valence-electron chi connectivity index (χ1n) is 10.3. The number of aromatic nitrogens is 2. The predicted octanol–water partition coefficient (Wildman–Crippen LogP) is 2.15. The Morgan fingerprint density at radius 2 is 2.35 bits per heavy atom. The van der Waals surface area contributed by atoms with Crippen LogP contribution in [0.25, 0.3) is 0 Å². The molecule has 2 N–H and O–H groups in total. The second-order valence-electron chi connectivity index (χ2n) is 8.81. The Labute approximate surface area is 156 Å². The smallest absolute Gasteiger partial charge is 0.315 e. The standard InChI is InChI=1S/C21H31N3O2/c1-15-5-3-6-21(2)12-19-16(11-18(15)21)17(20(25)26-19)13-22-7-4-9-24-10-8-23-14-24/h8,10-11,14-17,19,22H,3-7,9,12-13H2,1-2H3/p+1/t15-,16-,17+,19-,21-/m1/s1. The van der Waals surface area contributed by atoms with Crippen LogP contribution in [0, 0.1) is 23.2 Å². The van der Waals surface area contributed by atoms with Gasteiger partial charge in [-0.2, -0.15) is 0 Å². The van der Waals surface area contributed by atoms with Crippen molar-refractivity contribution in [2.45, 2.75) is 58.6 Å². The molecule has 0 aromatic carbocycles. The molecular weight excluding hydrogens is 326 g/mol. The third kappa shape index (κ3) is 3.34. The van der Waals surface area contributed by atoms with Gasteiger partial charge in [-0.3, -0.25) is 4.79 Å². The molecule has 1 saturated carbocycles. The van der Waals surface area contributed by atoms with E-state index in [9.17, 15) is 4.79 Å². The molecule has 1 aromatic rings. The summed E-state index contributed by atoms with van der Waals surface area (Å²) < 4.78 is 7.93. The molecule has 0 unspecified atom stereocenters. The van der Waals surface area contributed by atoms with Gasteiger partial charge in [0.1, 0.15) is 12.0 Å². The molecule has 142 valence electrons. The maximum Gasteiger partial charge on any atom is 0.315 e. The second kappa shape index (κ2) is 7.18. The normalized spacial score (nSPS) is 36.2. The number of esters is 1. The number of allylic oxidation sites excluding steroid dienone is 1. The van der Waals surface area contributed by atoms with Crippen LogP contribution in [0.15, 0.2) is 30.4 Å². The summed E-state index contributed by atoms with van der Waals surface area (Å²) in [6, 6.07) is 0. The summed E-state index contributed by atoms with van der Waals surface area (Å²) in [6.45, 7) is 7.60. The Morgan fingerprint density at radius 1 is 1.46 bits per heavy atom. The summed E-state index contributed by atoms with van der Waals surface area (Å²) in [5, 5.41) is 2.29. The zero-order chi connectivity index (χ0) is 18.1. The number of imidazole rings is 1. The molecular formula is C21H32N3O2+. The highest BCUT2D eigenvalue weighted by Crippen LogP contribution is 2.53. The number of ether oxygens (including phenoxy) is 1. The van der Waals surface area contributed by atoms with Crippen molar-refractivity contribution in [3.05, 3.63) is 30.4 Å². The minimum Gasteiger partial charge on any atom is -0.461 e. The van der Waals surface area contributed by atoms with Crippen molar-refractivity contribution in [1.82, 2.24) is 9.55 Å². The summed E-state index contributed by atoms with van der Waals surface area (Å²) in [5.41, 5.74) is 1.86. The molecule has 0 radical (unpaired) electrons. The summed E-state index contributed by atoms with van der Waals surface area (Å²) in [5.74, 6) is 0.998. The molecule has 2 heterocycles. The van der Waals surface area contributed by atoms with Gasteiger partial charge < -0.3 is 14.6 Å². The number of hydrogen-bond acceptors (Lipinski definition) is 3. The number of carbonyl (C=O) groups excluding carboxylic acids is 1. The van der Waals surface area contributed by atoms with E-state index in [1.165, 1.54) is 19.3 Å². The average Bonchev–Trinajstić information content (AvgIpc) is 3.21. The van der Waals surface area contributed by atoms with E-state index in [2.05, 4.69) is 34.8 Å². The van der Waals surface area contributed by atoms with Crippen LogP contribution in [0.1, 0.15) is 46.0 Å². The largest absolute Gasteiger partial charge is 0.461 e. The molecule has 5 heteroatoms. The van der Waals surface area contributed by atoms with Crippen molar-refractivity contribution in [3.8, 4) is 0 Å². The fraction of sp³-hybridized carbons (Fsp3) is 0.714. The van der Waals surface area contributed by atoms with E-state index < -0.39 is 0 Å². The second-order valence-corrected chi connectivity index (χ2v) is 8.81. The number of rotatable bonds is 6. The maximum atomic E-state index is 12.5. The van der Waals surface area contributed by atoms with E-state index in [-0.39, 0.29) is 29.3 Å². The van der Waals surface area contributed by atoms with Crippen molar-refractivity contribution in [3.63, 3.8) is 0 Å². The van der Waals surface area contributed by atoms with Crippen molar-refractivity contribution in [2.75, 3.05) is 13.1 Å². The maximum absolute atomic E-state index is 12.5. The number of nitrogens with two attached hydrogens (primary N) is 1. The van der Waals surface area contributed by atoms with E-state index >= 15 is 0 Å². The SMILES string of the molecule is C[C@@H]1CCC[C@]2(C)C[C@H]3OC(=O)[C@@H](C[NH2+]CCCn4ccnc4)[C@H]3C=C12. The van der Waals surface area contributed by atoms with Gasteiger partial charge in [0.25, 0.3) is 0 Å². The fourth-order valence-corrected chi connectivity index (χ4v) is 5.45. The van der Waals surface area contributed by atoms with E-state index in [4.69, 9.17) is 4.74 Å². The van der Waals surface area contributed by atoms with E-state index in [0.717, 1.165) is 32.5 Å². The highest BCUT2D eigenvalue weighted by atomic mass is 16.6. The van der Waals surface area contributed by atoms with Crippen molar-refractivity contribution >= 4 is 5.97 Å². The van der Waals surface area contributed by atoms with Gasteiger partial charge in [-0.05, 0) is 30.6 Å². The Morgan fingerprint density at radius 3 is 3.15 bits per heavy atom. The zero-order valence-corrected chi connectivity index (χ0v) is 16.1. The molecule has 5 atom stereocenters. The molecule has 2 fully saturated rings. The van der Waals surface area contributed by atoms with Crippen LogP contribution in [0.3, 0.4) is 0 Å². The Balaban J connectivity index is 1.35. The topological polar surface area (TPSA) is 60.7 Å². The number of hydrogen-bond donors (Lipinski definition) is 1. The molecule has 1 aliphatic heterocycles. The zero-order valence-electron chi connectivity index (χ0n) is 16.1. The predicted molar refractivity (Wildman–Crippen MR) is 99.2 cm³/mol. The first-order valence-corrected chi connectivity index (χ1v) is 10.3. The van der Waals surface area contributed by atoms with Gasteiger partial charge in [0.05, 0.1) is 19.4 Å². The molecule has 26 heavy (non-hydrogen) atoms. The van der Waals surface area contributed by atoms with Gasteiger partial charge in [-0.1, -0.05) is 31.9 Å². The summed E-state index contributed by atoms with van der Waals surface area (Å²) in [7, 11) is 0. The lowest BCUT2D eigenvalue weighted by molar-refractivity contribution is -0.659. The summed E-state index contributed by atoms with van der Waals surface area (Å²) >= 11 is 0. The van der Waals surface area contributed by atoms with Gasteiger partial charge in [0, 0.05) is 31.3 Å². The van der Waals surface area contributed by atoms with Gasteiger partial charge >= 0.3 is 5.97 Å². The van der Waals surface area contributed by atoms with Crippen molar-refractivity contribution < 1.29 is 14.8 Å². The number of nitrogens with zero attached hydrogens (tertiary/aromatic N) is 2. The fourth-order valence-electron chi connectivity index (χ4n) is 5.45. The third-order valence-corrected chi connectivity index (χ3v) is 6.89. The van der Waals surface area contributed by atoms with Crippen LogP contribution >= 0.6 is 0 Å². The molecule has 0 bridgehead atoms. The number of carbonyl (C=O) groups is 1. The Kier molecular flexibility index (Phi) is 4.91. The van der Waals surface area contributed by atoms with Crippen LogP contribution in [-0.2, 0) is 16.1 Å². The van der Waals surface area contributed by atoms with Crippen LogP contribution in [0.5, 0.6) is 0 Å². The van der Waals surface area contributed by atoms with Crippen molar-refractivity contribution in [2.24, 2.45) is 23.2 Å². The molecule has 2 aliphatic carbocycles.